The Morgan fingerprint density at radius 1 is 1.28 bits per heavy atom. The lowest BCUT2D eigenvalue weighted by atomic mass is 9.99. The number of piperidine rings is 1. The summed E-state index contributed by atoms with van der Waals surface area (Å²) >= 11 is 0. The molecule has 2 rings (SSSR count). The average molecular weight is 248 g/mol. The van der Waals surface area contributed by atoms with Crippen molar-refractivity contribution >= 4 is 17.5 Å². The van der Waals surface area contributed by atoms with Crippen molar-refractivity contribution in [3.05, 3.63) is 24.3 Å². The van der Waals surface area contributed by atoms with E-state index in [1.165, 1.54) is 25.6 Å². The Morgan fingerprint density at radius 3 is 2.44 bits per heavy atom. The first-order valence-corrected chi connectivity index (χ1v) is 6.39. The molecular weight excluding hydrogens is 228 g/mol. The van der Waals surface area contributed by atoms with Crippen LogP contribution in [0.15, 0.2) is 24.3 Å². The van der Waals surface area contributed by atoms with Gasteiger partial charge in [0, 0.05) is 24.5 Å². The van der Waals surface area contributed by atoms with Crippen molar-refractivity contribution in [3.8, 4) is 0 Å². The van der Waals surface area contributed by atoms with Gasteiger partial charge in [-0.05, 0) is 43.0 Å². The van der Waals surface area contributed by atoms with Gasteiger partial charge < -0.3 is 9.64 Å². The Balaban J connectivity index is 1.97. The zero-order chi connectivity index (χ0) is 13.0. The largest absolute Gasteiger partial charge is 0.453 e. The molecule has 4 nitrogen and oxygen atoms in total. The highest BCUT2D eigenvalue weighted by atomic mass is 16.5. The van der Waals surface area contributed by atoms with E-state index in [4.69, 9.17) is 0 Å². The quantitative estimate of drug-likeness (QED) is 0.874. The average Bonchev–Trinajstić information content (AvgIpc) is 2.40. The van der Waals surface area contributed by atoms with Gasteiger partial charge in [0.2, 0.25) is 0 Å². The molecule has 1 aromatic carbocycles. The van der Waals surface area contributed by atoms with Gasteiger partial charge >= 0.3 is 6.09 Å². The van der Waals surface area contributed by atoms with E-state index in [2.05, 4.69) is 21.9 Å². The van der Waals surface area contributed by atoms with Gasteiger partial charge in [-0.1, -0.05) is 6.92 Å². The number of amides is 1. The third-order valence-corrected chi connectivity index (χ3v) is 3.45. The summed E-state index contributed by atoms with van der Waals surface area (Å²) in [6.45, 7) is 4.54. The molecule has 18 heavy (non-hydrogen) atoms. The van der Waals surface area contributed by atoms with Gasteiger partial charge in [-0.3, -0.25) is 5.32 Å². The van der Waals surface area contributed by atoms with Crippen molar-refractivity contribution in [2.45, 2.75) is 19.8 Å². The normalized spacial score (nSPS) is 16.4. The lowest BCUT2D eigenvalue weighted by molar-refractivity contribution is 0.187. The third-order valence-electron chi connectivity index (χ3n) is 3.45. The van der Waals surface area contributed by atoms with E-state index in [-0.39, 0.29) is 0 Å². The molecular formula is C14H20N2O2. The van der Waals surface area contributed by atoms with Crippen molar-refractivity contribution < 1.29 is 9.53 Å². The summed E-state index contributed by atoms with van der Waals surface area (Å²) in [5.74, 6) is 0.835. The van der Waals surface area contributed by atoms with Crippen LogP contribution in [0.4, 0.5) is 16.2 Å². The van der Waals surface area contributed by atoms with Gasteiger partial charge in [0.1, 0.15) is 0 Å². The molecule has 1 aliphatic heterocycles. The van der Waals surface area contributed by atoms with Crippen LogP contribution in [0.3, 0.4) is 0 Å². The maximum absolute atomic E-state index is 11.1. The monoisotopic (exact) mass is 248 g/mol. The molecule has 1 aliphatic rings. The molecule has 0 spiro atoms. The van der Waals surface area contributed by atoms with E-state index >= 15 is 0 Å². The summed E-state index contributed by atoms with van der Waals surface area (Å²) in [6.07, 6.45) is 2.07. The Labute approximate surface area is 108 Å². The van der Waals surface area contributed by atoms with Crippen LogP contribution >= 0.6 is 0 Å². The zero-order valence-corrected chi connectivity index (χ0v) is 11.0. The second-order valence-electron chi connectivity index (χ2n) is 4.83. The Morgan fingerprint density at radius 2 is 1.89 bits per heavy atom. The molecule has 0 bridgehead atoms. The van der Waals surface area contributed by atoms with Crippen LogP contribution in [0.25, 0.3) is 0 Å². The summed E-state index contributed by atoms with van der Waals surface area (Å²) < 4.78 is 4.55. The van der Waals surface area contributed by atoms with Crippen molar-refractivity contribution in [2.24, 2.45) is 5.92 Å². The van der Waals surface area contributed by atoms with E-state index in [0.717, 1.165) is 24.7 Å². The minimum absolute atomic E-state index is 0.436. The summed E-state index contributed by atoms with van der Waals surface area (Å²) in [5.41, 5.74) is 1.98. The lowest BCUT2D eigenvalue weighted by Gasteiger charge is -2.32. The molecule has 1 heterocycles. The number of rotatable bonds is 2. The third kappa shape index (κ3) is 3.15. The fourth-order valence-corrected chi connectivity index (χ4v) is 2.19. The van der Waals surface area contributed by atoms with Crippen molar-refractivity contribution in [1.29, 1.82) is 0 Å². The standard InChI is InChI=1S/C14H20N2O2/c1-11-7-9-16(10-8-11)13-5-3-12(4-6-13)15-14(17)18-2/h3-6,11H,7-10H2,1-2H3,(H,15,17). The highest BCUT2D eigenvalue weighted by molar-refractivity contribution is 5.84. The second-order valence-corrected chi connectivity index (χ2v) is 4.83. The highest BCUT2D eigenvalue weighted by Crippen LogP contribution is 2.24. The fourth-order valence-electron chi connectivity index (χ4n) is 2.19. The summed E-state index contributed by atoms with van der Waals surface area (Å²) in [5, 5.41) is 2.65. The molecule has 1 saturated heterocycles. The van der Waals surface area contributed by atoms with Gasteiger partial charge in [-0.25, -0.2) is 4.79 Å². The Hall–Kier alpha value is -1.71. The topological polar surface area (TPSA) is 41.6 Å². The molecule has 0 radical (unpaired) electrons. The van der Waals surface area contributed by atoms with E-state index in [0.29, 0.717) is 0 Å². The molecule has 1 N–H and O–H groups in total. The number of nitrogens with zero attached hydrogens (tertiary/aromatic N) is 1. The van der Waals surface area contributed by atoms with Crippen LogP contribution in [-0.4, -0.2) is 26.3 Å². The molecule has 1 fully saturated rings. The number of nitrogens with one attached hydrogen (secondary N) is 1. The molecule has 4 heteroatoms. The summed E-state index contributed by atoms with van der Waals surface area (Å²) in [6, 6.07) is 7.90. The smallest absolute Gasteiger partial charge is 0.411 e. The van der Waals surface area contributed by atoms with Crippen LogP contribution < -0.4 is 10.2 Å². The summed E-state index contributed by atoms with van der Waals surface area (Å²) in [7, 11) is 1.36. The number of anilines is 2. The lowest BCUT2D eigenvalue weighted by Crippen LogP contribution is -2.32. The van der Waals surface area contributed by atoms with Crippen molar-refractivity contribution in [1.82, 2.24) is 0 Å². The Kier molecular flexibility index (Phi) is 4.07. The molecule has 0 aromatic heterocycles. The zero-order valence-electron chi connectivity index (χ0n) is 11.0. The highest BCUT2D eigenvalue weighted by Gasteiger charge is 2.15. The number of hydrogen-bond acceptors (Lipinski definition) is 3. The van der Waals surface area contributed by atoms with Crippen LogP contribution in [0.2, 0.25) is 0 Å². The number of carbonyl (C=O) groups is 1. The number of ether oxygens (including phenoxy) is 1. The number of hydrogen-bond donors (Lipinski definition) is 1. The maximum Gasteiger partial charge on any atom is 0.411 e. The first-order chi connectivity index (χ1) is 8.69. The number of carbonyl (C=O) groups excluding carboxylic acids is 1. The first kappa shape index (κ1) is 12.7. The van der Waals surface area contributed by atoms with E-state index < -0.39 is 6.09 Å². The minimum atomic E-state index is -0.436. The van der Waals surface area contributed by atoms with Gasteiger partial charge in [0.25, 0.3) is 0 Å². The molecule has 0 unspecified atom stereocenters. The number of methoxy groups -OCH3 is 1. The minimum Gasteiger partial charge on any atom is -0.453 e. The van der Waals surface area contributed by atoms with Gasteiger partial charge in [-0.15, -0.1) is 0 Å². The van der Waals surface area contributed by atoms with Crippen LogP contribution in [-0.2, 0) is 4.74 Å². The van der Waals surface area contributed by atoms with Crippen molar-refractivity contribution in [2.75, 3.05) is 30.4 Å². The molecule has 0 atom stereocenters. The summed E-state index contributed by atoms with van der Waals surface area (Å²) in [4.78, 5) is 13.5. The molecule has 98 valence electrons. The predicted molar refractivity (Wildman–Crippen MR) is 73.1 cm³/mol. The molecule has 1 amide bonds. The van der Waals surface area contributed by atoms with Crippen LogP contribution in [0.5, 0.6) is 0 Å². The molecule has 1 aromatic rings. The Bertz CT molecular complexity index is 395. The molecule has 0 saturated carbocycles. The SMILES string of the molecule is COC(=O)Nc1ccc(N2CCC(C)CC2)cc1. The second kappa shape index (κ2) is 5.76. The van der Waals surface area contributed by atoms with E-state index in [9.17, 15) is 4.79 Å². The first-order valence-electron chi connectivity index (χ1n) is 6.39. The predicted octanol–water partition coefficient (Wildman–Crippen LogP) is 3.10. The van der Waals surface area contributed by atoms with Crippen LogP contribution in [0, 0.1) is 5.92 Å². The number of benzene rings is 1. The van der Waals surface area contributed by atoms with E-state index in [1.807, 2.05) is 24.3 Å². The van der Waals surface area contributed by atoms with Gasteiger partial charge in [0.15, 0.2) is 0 Å². The van der Waals surface area contributed by atoms with Crippen molar-refractivity contribution in [3.63, 3.8) is 0 Å². The maximum atomic E-state index is 11.1. The fraction of sp³-hybridized carbons (Fsp3) is 0.500. The molecule has 0 aliphatic carbocycles. The van der Waals surface area contributed by atoms with Crippen LogP contribution in [0.1, 0.15) is 19.8 Å². The van der Waals surface area contributed by atoms with Gasteiger partial charge in [0.05, 0.1) is 7.11 Å². The van der Waals surface area contributed by atoms with Gasteiger partial charge in [-0.2, -0.15) is 0 Å². The van der Waals surface area contributed by atoms with E-state index in [1.54, 1.807) is 0 Å².